The van der Waals surface area contributed by atoms with Gasteiger partial charge in [0.2, 0.25) is 0 Å². The maximum atomic E-state index is 12.3. The Hall–Kier alpha value is -3.84. The Balaban J connectivity index is 1.74. The van der Waals surface area contributed by atoms with Crippen molar-refractivity contribution < 1.29 is 4.79 Å². The number of carbonyl (C=O) groups excluding carboxylic acids is 1. The lowest BCUT2D eigenvalue weighted by Gasteiger charge is -2.07. The molecule has 0 saturated heterocycles. The molecule has 148 valence electrons. The van der Waals surface area contributed by atoms with Gasteiger partial charge in [-0.2, -0.15) is 5.26 Å². The van der Waals surface area contributed by atoms with Gasteiger partial charge >= 0.3 is 0 Å². The highest BCUT2D eigenvalue weighted by molar-refractivity contribution is 6.04. The topological polar surface area (TPSA) is 57.8 Å². The molecule has 0 atom stereocenters. The zero-order valence-corrected chi connectivity index (χ0v) is 17.1. The van der Waals surface area contributed by atoms with Crippen LogP contribution in [0.5, 0.6) is 0 Å². The lowest BCUT2D eigenvalue weighted by Crippen LogP contribution is -2.30. The van der Waals surface area contributed by atoms with Gasteiger partial charge in [0.1, 0.15) is 11.6 Å². The minimum atomic E-state index is -0.348. The second-order valence-electron chi connectivity index (χ2n) is 7.71. The number of hydrogen-bond acceptors (Lipinski definition) is 2. The monoisotopic (exact) mass is 393 g/mol. The van der Waals surface area contributed by atoms with Crippen molar-refractivity contribution in [3.8, 4) is 6.07 Å². The quantitative estimate of drug-likeness (QED) is 0.371. The summed E-state index contributed by atoms with van der Waals surface area (Å²) in [6.45, 7) is 4.46. The van der Waals surface area contributed by atoms with E-state index in [1.54, 1.807) is 6.08 Å². The van der Waals surface area contributed by atoms with Crippen molar-refractivity contribution in [2.45, 2.75) is 26.4 Å². The summed E-state index contributed by atoms with van der Waals surface area (Å²) in [5, 5.41) is 15.7. The van der Waals surface area contributed by atoms with Gasteiger partial charge in [-0.3, -0.25) is 4.79 Å². The molecule has 1 aromatic heterocycles. The molecular formula is C26H23N3O. The molecular weight excluding hydrogens is 370 g/mol. The van der Waals surface area contributed by atoms with E-state index in [2.05, 4.69) is 46.3 Å². The second-order valence-corrected chi connectivity index (χ2v) is 7.71. The van der Waals surface area contributed by atoms with Crippen LogP contribution in [-0.2, 0) is 11.3 Å². The molecule has 0 spiro atoms. The highest BCUT2D eigenvalue weighted by Crippen LogP contribution is 2.25. The molecule has 0 bridgehead atoms. The van der Waals surface area contributed by atoms with E-state index in [1.807, 2.05) is 56.4 Å². The Morgan fingerprint density at radius 3 is 2.57 bits per heavy atom. The first-order valence-electron chi connectivity index (χ1n) is 10.0. The fourth-order valence-electron chi connectivity index (χ4n) is 3.70. The first-order valence-corrected chi connectivity index (χ1v) is 10.0. The maximum Gasteiger partial charge on any atom is 0.262 e. The van der Waals surface area contributed by atoms with Crippen LogP contribution in [-0.4, -0.2) is 16.5 Å². The molecule has 3 aromatic carbocycles. The molecule has 4 nitrogen and oxygen atoms in total. The third-order valence-corrected chi connectivity index (χ3v) is 5.07. The van der Waals surface area contributed by atoms with E-state index in [-0.39, 0.29) is 17.5 Å². The summed E-state index contributed by atoms with van der Waals surface area (Å²) < 4.78 is 2.17. The summed E-state index contributed by atoms with van der Waals surface area (Å²) in [5.41, 5.74) is 3.24. The van der Waals surface area contributed by atoms with E-state index >= 15 is 0 Å². The number of amides is 1. The molecule has 0 aliphatic heterocycles. The summed E-state index contributed by atoms with van der Waals surface area (Å²) in [5.74, 6) is -0.348. The van der Waals surface area contributed by atoms with Gasteiger partial charge in [0.25, 0.3) is 5.91 Å². The highest BCUT2D eigenvalue weighted by Gasteiger charge is 2.13. The number of nitriles is 1. The average Bonchev–Trinajstić information content (AvgIpc) is 3.08. The largest absolute Gasteiger partial charge is 0.349 e. The van der Waals surface area contributed by atoms with Crippen LogP contribution in [0.15, 0.2) is 78.5 Å². The number of carbonyl (C=O) groups is 1. The van der Waals surface area contributed by atoms with Crippen LogP contribution >= 0.6 is 0 Å². The number of aromatic nitrogens is 1. The lowest BCUT2D eigenvalue weighted by atomic mass is 10.1. The van der Waals surface area contributed by atoms with Crippen LogP contribution in [0.4, 0.5) is 0 Å². The Morgan fingerprint density at radius 2 is 1.80 bits per heavy atom. The summed E-state index contributed by atoms with van der Waals surface area (Å²) in [7, 11) is 0. The molecule has 30 heavy (non-hydrogen) atoms. The molecule has 4 aromatic rings. The fraction of sp³-hybridized carbons (Fsp3) is 0.154. The van der Waals surface area contributed by atoms with Crippen molar-refractivity contribution in [3.05, 3.63) is 89.6 Å². The van der Waals surface area contributed by atoms with Gasteiger partial charge < -0.3 is 9.88 Å². The van der Waals surface area contributed by atoms with Crippen molar-refractivity contribution in [3.63, 3.8) is 0 Å². The third-order valence-electron chi connectivity index (χ3n) is 5.07. The predicted molar refractivity (Wildman–Crippen MR) is 122 cm³/mol. The van der Waals surface area contributed by atoms with E-state index < -0.39 is 0 Å². The molecule has 0 fully saturated rings. The van der Waals surface area contributed by atoms with E-state index in [4.69, 9.17) is 0 Å². The average molecular weight is 393 g/mol. The van der Waals surface area contributed by atoms with Crippen LogP contribution in [0.3, 0.4) is 0 Å². The number of fused-ring (bicyclic) bond motifs is 2. The Labute approximate surface area is 176 Å². The van der Waals surface area contributed by atoms with Gasteiger partial charge in [0, 0.05) is 35.2 Å². The Kier molecular flexibility index (Phi) is 5.36. The molecule has 4 rings (SSSR count). The second kappa shape index (κ2) is 8.26. The summed E-state index contributed by atoms with van der Waals surface area (Å²) >= 11 is 0. The van der Waals surface area contributed by atoms with Gasteiger partial charge in [0.15, 0.2) is 0 Å². The first-order chi connectivity index (χ1) is 14.5. The Bertz CT molecular complexity index is 1300. The Morgan fingerprint density at radius 1 is 1.07 bits per heavy atom. The zero-order chi connectivity index (χ0) is 21.1. The van der Waals surface area contributed by atoms with E-state index in [0.717, 1.165) is 16.5 Å². The molecule has 1 heterocycles. The van der Waals surface area contributed by atoms with E-state index in [9.17, 15) is 10.1 Å². The van der Waals surface area contributed by atoms with Crippen molar-refractivity contribution in [1.29, 1.82) is 5.26 Å². The fourth-order valence-corrected chi connectivity index (χ4v) is 3.70. The standard InChI is InChI=1S/C26H23N3O/c1-18(2)28-26(30)22(15-27)14-23-17-29(25-10-6-5-9-24(23)25)16-19-11-12-20-7-3-4-8-21(20)13-19/h3-14,17-18H,16H2,1-2H3,(H,28,30)/b22-14-. The van der Waals surface area contributed by atoms with Gasteiger partial charge in [-0.1, -0.05) is 54.6 Å². The van der Waals surface area contributed by atoms with Crippen LogP contribution in [0.1, 0.15) is 25.0 Å². The van der Waals surface area contributed by atoms with E-state index in [1.165, 1.54) is 16.3 Å². The smallest absolute Gasteiger partial charge is 0.262 e. The van der Waals surface area contributed by atoms with Crippen LogP contribution < -0.4 is 5.32 Å². The minimum absolute atomic E-state index is 0.0245. The number of nitrogens with one attached hydrogen (secondary N) is 1. The normalized spacial score (nSPS) is 11.7. The number of rotatable bonds is 5. The minimum Gasteiger partial charge on any atom is -0.349 e. The van der Waals surface area contributed by atoms with Crippen molar-refractivity contribution in [2.75, 3.05) is 0 Å². The van der Waals surface area contributed by atoms with Crippen molar-refractivity contribution in [1.82, 2.24) is 9.88 Å². The summed E-state index contributed by atoms with van der Waals surface area (Å²) in [6, 6.07) is 24.9. The van der Waals surface area contributed by atoms with E-state index in [0.29, 0.717) is 6.54 Å². The van der Waals surface area contributed by atoms with Crippen LogP contribution in [0.2, 0.25) is 0 Å². The van der Waals surface area contributed by atoms with Gasteiger partial charge in [-0.05, 0) is 48.4 Å². The molecule has 0 aliphatic rings. The number of hydrogen-bond donors (Lipinski definition) is 1. The van der Waals surface area contributed by atoms with Gasteiger partial charge in [0.05, 0.1) is 0 Å². The molecule has 1 N–H and O–H groups in total. The SMILES string of the molecule is CC(C)NC(=O)/C(C#N)=C\c1cn(Cc2ccc3ccccc3c2)c2ccccc12. The number of para-hydroxylation sites is 1. The number of benzene rings is 3. The molecule has 4 heteroatoms. The predicted octanol–water partition coefficient (Wildman–Crippen LogP) is 5.27. The van der Waals surface area contributed by atoms with Crippen LogP contribution in [0, 0.1) is 11.3 Å². The van der Waals surface area contributed by atoms with Crippen molar-refractivity contribution >= 4 is 33.7 Å². The van der Waals surface area contributed by atoms with Crippen LogP contribution in [0.25, 0.3) is 27.8 Å². The molecule has 0 saturated carbocycles. The first kappa shape index (κ1) is 19.5. The summed E-state index contributed by atoms with van der Waals surface area (Å²) in [6.07, 6.45) is 3.69. The maximum absolute atomic E-state index is 12.3. The molecule has 0 aliphatic carbocycles. The van der Waals surface area contributed by atoms with Gasteiger partial charge in [-0.25, -0.2) is 0 Å². The molecule has 0 unspecified atom stereocenters. The molecule has 0 radical (unpaired) electrons. The summed E-state index contributed by atoms with van der Waals surface area (Å²) in [4.78, 5) is 12.3. The zero-order valence-electron chi connectivity index (χ0n) is 17.1. The van der Waals surface area contributed by atoms with Gasteiger partial charge in [-0.15, -0.1) is 0 Å². The number of nitrogens with zero attached hydrogens (tertiary/aromatic N) is 2. The highest BCUT2D eigenvalue weighted by atomic mass is 16.1. The lowest BCUT2D eigenvalue weighted by molar-refractivity contribution is -0.117. The third kappa shape index (κ3) is 3.97. The molecule has 1 amide bonds. The van der Waals surface area contributed by atoms with Crippen molar-refractivity contribution in [2.24, 2.45) is 0 Å².